The van der Waals surface area contributed by atoms with E-state index in [0.717, 1.165) is 11.8 Å². The van der Waals surface area contributed by atoms with Gasteiger partial charge < -0.3 is 15.9 Å². The summed E-state index contributed by atoms with van der Waals surface area (Å²) in [4.78, 5) is 11.5. The molecule has 3 N–H and O–H groups in total. The smallest absolute Gasteiger partial charge is 0.387 e. The molecular weight excluding hydrogens is 340 g/mol. The Hall–Kier alpha value is -2.80. The van der Waals surface area contributed by atoms with Crippen molar-refractivity contribution < 1.29 is 18.3 Å². The zero-order valence-corrected chi connectivity index (χ0v) is 13.1. The summed E-state index contributed by atoms with van der Waals surface area (Å²) in [6, 6.07) is 5.80. The van der Waals surface area contributed by atoms with Gasteiger partial charge in [-0.2, -0.15) is 8.78 Å². The molecule has 1 heterocycles. The fourth-order valence-corrected chi connectivity index (χ4v) is 2.37. The molecule has 0 atom stereocenters. The second-order valence-electron chi connectivity index (χ2n) is 4.35. The van der Waals surface area contributed by atoms with Crippen molar-refractivity contribution in [3.8, 4) is 29.5 Å². The maximum atomic E-state index is 12.1. The van der Waals surface area contributed by atoms with E-state index in [1.54, 1.807) is 0 Å². The fourth-order valence-electron chi connectivity index (χ4n) is 1.69. The van der Waals surface area contributed by atoms with Crippen LogP contribution in [0.4, 0.5) is 8.78 Å². The Balaban J connectivity index is 2.04. The minimum absolute atomic E-state index is 0.0246. The third-order valence-corrected chi connectivity index (χ3v) is 3.67. The standard InChI is InChI=1S/C14H13F2N5O2S/c1-2-7-18-11(22)8-24-14-20-19-12(21(14)17)9-3-5-10(6-4-9)23-13(15)16/h1,3-6,13H,7-8,17H2,(H,18,22). The Morgan fingerprint density at radius 1 is 1.42 bits per heavy atom. The number of nitrogens with two attached hydrogens (primary N) is 1. The predicted octanol–water partition coefficient (Wildman–Crippen LogP) is 1.10. The van der Waals surface area contributed by atoms with Crippen molar-refractivity contribution in [3.63, 3.8) is 0 Å². The lowest BCUT2D eigenvalue weighted by atomic mass is 10.2. The molecule has 0 spiro atoms. The predicted molar refractivity (Wildman–Crippen MR) is 84.8 cm³/mol. The summed E-state index contributed by atoms with van der Waals surface area (Å²) >= 11 is 1.09. The number of thioether (sulfide) groups is 1. The molecule has 0 radical (unpaired) electrons. The zero-order chi connectivity index (χ0) is 17.5. The first-order valence-corrected chi connectivity index (χ1v) is 7.58. The number of halogens is 2. The summed E-state index contributed by atoms with van der Waals surface area (Å²) < 4.78 is 29.7. The van der Waals surface area contributed by atoms with E-state index < -0.39 is 6.61 Å². The number of hydrogen-bond acceptors (Lipinski definition) is 6. The summed E-state index contributed by atoms with van der Waals surface area (Å²) in [6.07, 6.45) is 5.04. The number of ether oxygens (including phenoxy) is 1. The fraction of sp³-hybridized carbons (Fsp3) is 0.214. The Morgan fingerprint density at radius 3 is 2.75 bits per heavy atom. The highest BCUT2D eigenvalue weighted by atomic mass is 32.2. The van der Waals surface area contributed by atoms with Crippen LogP contribution >= 0.6 is 11.8 Å². The number of nitrogens with zero attached hydrogens (tertiary/aromatic N) is 3. The van der Waals surface area contributed by atoms with Crippen LogP contribution in [0.15, 0.2) is 29.4 Å². The number of terminal acetylenes is 1. The summed E-state index contributed by atoms with van der Waals surface area (Å²) in [7, 11) is 0. The molecule has 0 saturated carbocycles. The molecule has 1 aromatic carbocycles. The van der Waals surface area contributed by atoms with Gasteiger partial charge in [0.2, 0.25) is 11.1 Å². The normalized spacial score (nSPS) is 10.4. The van der Waals surface area contributed by atoms with Crippen LogP contribution < -0.4 is 15.9 Å². The number of nitrogens with one attached hydrogen (secondary N) is 1. The molecule has 0 fully saturated rings. The van der Waals surface area contributed by atoms with Gasteiger partial charge in [0, 0.05) is 5.56 Å². The number of nitrogen functional groups attached to an aromatic ring is 1. The lowest BCUT2D eigenvalue weighted by Crippen LogP contribution is -2.25. The first-order chi connectivity index (χ1) is 11.5. The molecular formula is C14H13F2N5O2S. The summed E-state index contributed by atoms with van der Waals surface area (Å²) in [5.74, 6) is 8.37. The van der Waals surface area contributed by atoms with Crippen LogP contribution in [0.2, 0.25) is 0 Å². The first kappa shape index (κ1) is 17.6. The molecule has 0 bridgehead atoms. The van der Waals surface area contributed by atoms with Crippen molar-refractivity contribution in [2.75, 3.05) is 18.1 Å². The van der Waals surface area contributed by atoms with Crippen molar-refractivity contribution in [3.05, 3.63) is 24.3 Å². The molecule has 1 amide bonds. The van der Waals surface area contributed by atoms with Crippen LogP contribution in [0.5, 0.6) is 5.75 Å². The highest BCUT2D eigenvalue weighted by molar-refractivity contribution is 7.99. The Morgan fingerprint density at radius 2 is 2.12 bits per heavy atom. The number of carbonyl (C=O) groups excluding carboxylic acids is 1. The second-order valence-corrected chi connectivity index (χ2v) is 5.29. The van der Waals surface area contributed by atoms with Crippen LogP contribution in [0.3, 0.4) is 0 Å². The minimum Gasteiger partial charge on any atom is -0.435 e. The molecule has 2 rings (SSSR count). The van der Waals surface area contributed by atoms with E-state index in [-0.39, 0.29) is 24.0 Å². The van der Waals surface area contributed by atoms with E-state index in [1.165, 1.54) is 28.9 Å². The van der Waals surface area contributed by atoms with Crippen LogP contribution in [0, 0.1) is 12.3 Å². The average molecular weight is 353 g/mol. The Kier molecular flexibility index (Phi) is 5.97. The molecule has 10 heteroatoms. The van der Waals surface area contributed by atoms with E-state index >= 15 is 0 Å². The first-order valence-electron chi connectivity index (χ1n) is 6.60. The number of carbonyl (C=O) groups is 1. The van der Waals surface area contributed by atoms with Crippen LogP contribution in [-0.4, -0.2) is 39.7 Å². The number of benzene rings is 1. The molecule has 1 aromatic heterocycles. The molecule has 126 valence electrons. The zero-order valence-electron chi connectivity index (χ0n) is 12.3. The lowest BCUT2D eigenvalue weighted by Gasteiger charge is -2.06. The molecule has 24 heavy (non-hydrogen) atoms. The van der Waals surface area contributed by atoms with E-state index in [0.29, 0.717) is 16.5 Å². The number of amides is 1. The summed E-state index contributed by atoms with van der Waals surface area (Å²) in [6.45, 7) is -2.75. The van der Waals surface area contributed by atoms with Crippen molar-refractivity contribution in [1.29, 1.82) is 0 Å². The Labute approximate surface area is 140 Å². The molecule has 0 aliphatic carbocycles. The van der Waals surface area contributed by atoms with Gasteiger partial charge in [0.25, 0.3) is 0 Å². The average Bonchev–Trinajstić information content (AvgIpc) is 2.92. The monoisotopic (exact) mass is 353 g/mol. The Bertz CT molecular complexity index is 743. The lowest BCUT2D eigenvalue weighted by molar-refractivity contribution is -0.118. The van der Waals surface area contributed by atoms with E-state index in [4.69, 9.17) is 12.3 Å². The van der Waals surface area contributed by atoms with Gasteiger partial charge in [-0.05, 0) is 24.3 Å². The quantitative estimate of drug-likeness (QED) is 0.440. The minimum atomic E-state index is -2.89. The molecule has 0 saturated heterocycles. The second kappa shape index (κ2) is 8.16. The van der Waals surface area contributed by atoms with Gasteiger partial charge in [-0.1, -0.05) is 17.7 Å². The highest BCUT2D eigenvalue weighted by Gasteiger charge is 2.14. The van der Waals surface area contributed by atoms with Crippen molar-refractivity contribution in [2.24, 2.45) is 0 Å². The molecule has 2 aromatic rings. The van der Waals surface area contributed by atoms with Crippen molar-refractivity contribution >= 4 is 17.7 Å². The van der Waals surface area contributed by atoms with Crippen molar-refractivity contribution in [1.82, 2.24) is 20.2 Å². The van der Waals surface area contributed by atoms with Crippen LogP contribution in [0.25, 0.3) is 11.4 Å². The third kappa shape index (κ3) is 4.60. The molecule has 0 aliphatic rings. The van der Waals surface area contributed by atoms with Gasteiger partial charge in [-0.15, -0.1) is 16.6 Å². The summed E-state index contributed by atoms with van der Waals surface area (Å²) in [5.41, 5.74) is 0.565. The van der Waals surface area contributed by atoms with Gasteiger partial charge in [-0.3, -0.25) is 4.79 Å². The number of alkyl halides is 2. The summed E-state index contributed by atoms with van der Waals surface area (Å²) in [5, 5.41) is 10.7. The van der Waals surface area contributed by atoms with Crippen LogP contribution in [-0.2, 0) is 4.79 Å². The maximum absolute atomic E-state index is 12.1. The third-order valence-electron chi connectivity index (χ3n) is 2.72. The van der Waals surface area contributed by atoms with E-state index in [2.05, 4.69) is 26.2 Å². The highest BCUT2D eigenvalue weighted by Crippen LogP contribution is 2.24. The van der Waals surface area contributed by atoms with Crippen molar-refractivity contribution in [2.45, 2.75) is 11.8 Å². The number of rotatable bonds is 7. The molecule has 0 unspecified atom stereocenters. The largest absolute Gasteiger partial charge is 0.435 e. The van der Waals surface area contributed by atoms with E-state index in [9.17, 15) is 13.6 Å². The van der Waals surface area contributed by atoms with Crippen LogP contribution in [0.1, 0.15) is 0 Å². The number of aromatic nitrogens is 3. The molecule has 7 nitrogen and oxygen atoms in total. The topological polar surface area (TPSA) is 95.1 Å². The molecule has 0 aliphatic heterocycles. The van der Waals surface area contributed by atoms with Gasteiger partial charge in [0.15, 0.2) is 5.82 Å². The van der Waals surface area contributed by atoms with Gasteiger partial charge in [-0.25, -0.2) is 4.68 Å². The maximum Gasteiger partial charge on any atom is 0.387 e. The van der Waals surface area contributed by atoms with Gasteiger partial charge >= 0.3 is 6.61 Å². The van der Waals surface area contributed by atoms with E-state index in [1.807, 2.05) is 0 Å². The van der Waals surface area contributed by atoms with Gasteiger partial charge in [0.1, 0.15) is 5.75 Å². The van der Waals surface area contributed by atoms with Gasteiger partial charge in [0.05, 0.1) is 12.3 Å². The number of hydrogen-bond donors (Lipinski definition) is 2. The SMILES string of the molecule is C#CCNC(=O)CSc1nnc(-c2ccc(OC(F)F)cc2)n1N.